The largest absolute Gasteiger partial charge is 0.449 e. The van der Waals surface area contributed by atoms with Gasteiger partial charge >= 0.3 is 5.97 Å². The van der Waals surface area contributed by atoms with E-state index >= 15 is 0 Å². The van der Waals surface area contributed by atoms with Gasteiger partial charge in [0.15, 0.2) is 6.10 Å². The highest BCUT2D eigenvalue weighted by atomic mass is 19.1. The maximum Gasteiger partial charge on any atom is 0.338 e. The first-order valence-electron chi connectivity index (χ1n) is 10.5. The number of nitrogens with zero attached hydrogens (tertiary/aromatic N) is 1. The van der Waals surface area contributed by atoms with Gasteiger partial charge < -0.3 is 10.1 Å². The molecule has 0 aromatic heterocycles. The zero-order chi connectivity index (χ0) is 23.4. The number of nitrogens with one attached hydrogen (secondary N) is 1. The fraction of sp³-hybridized carbons (Fsp3) is 0.333. The van der Waals surface area contributed by atoms with Gasteiger partial charge in [0.05, 0.1) is 22.7 Å². The van der Waals surface area contributed by atoms with Crippen LogP contribution in [0.3, 0.4) is 0 Å². The van der Waals surface area contributed by atoms with Crippen LogP contribution in [0.5, 0.6) is 0 Å². The highest BCUT2D eigenvalue weighted by Gasteiger charge is 2.35. The minimum Gasteiger partial charge on any atom is -0.449 e. The van der Waals surface area contributed by atoms with E-state index in [9.17, 15) is 23.6 Å². The van der Waals surface area contributed by atoms with Crippen molar-refractivity contribution in [2.45, 2.75) is 45.8 Å². The van der Waals surface area contributed by atoms with Crippen LogP contribution in [-0.4, -0.2) is 41.2 Å². The Labute approximate surface area is 185 Å². The van der Waals surface area contributed by atoms with Crippen LogP contribution in [-0.2, 0) is 9.53 Å². The summed E-state index contributed by atoms with van der Waals surface area (Å²) in [6.45, 7) is 5.45. The molecule has 1 aliphatic heterocycles. The lowest BCUT2D eigenvalue weighted by Crippen LogP contribution is -2.37. The number of hydrogen-bond acceptors (Lipinski definition) is 5. The molecule has 1 aliphatic rings. The molecule has 3 rings (SSSR count). The second kappa shape index (κ2) is 9.72. The predicted molar refractivity (Wildman–Crippen MR) is 115 cm³/mol. The molecule has 0 aliphatic carbocycles. The number of esters is 1. The van der Waals surface area contributed by atoms with E-state index in [1.54, 1.807) is 19.1 Å². The van der Waals surface area contributed by atoms with Crippen molar-refractivity contribution in [3.05, 3.63) is 70.5 Å². The van der Waals surface area contributed by atoms with Crippen molar-refractivity contribution < 1.29 is 28.3 Å². The first-order chi connectivity index (χ1) is 15.2. The number of halogens is 1. The molecule has 0 radical (unpaired) electrons. The van der Waals surface area contributed by atoms with Gasteiger partial charge in [-0.05, 0) is 56.2 Å². The molecule has 168 valence electrons. The number of amides is 3. The van der Waals surface area contributed by atoms with Crippen LogP contribution in [0.4, 0.5) is 4.39 Å². The third-order valence-electron chi connectivity index (χ3n) is 5.32. The van der Waals surface area contributed by atoms with E-state index in [0.717, 1.165) is 6.42 Å². The quantitative estimate of drug-likeness (QED) is 0.500. The van der Waals surface area contributed by atoms with E-state index in [1.165, 1.54) is 42.2 Å². The maximum absolute atomic E-state index is 13.1. The number of carbonyl (C=O) groups excluding carboxylic acids is 4. The van der Waals surface area contributed by atoms with Crippen LogP contribution >= 0.6 is 0 Å². The molecule has 2 aromatic rings. The number of ether oxygens (including phenoxy) is 1. The van der Waals surface area contributed by atoms with Gasteiger partial charge in [0.1, 0.15) is 5.82 Å². The summed E-state index contributed by atoms with van der Waals surface area (Å²) in [6, 6.07) is 9.46. The molecular weight excluding hydrogens is 415 g/mol. The second-order valence-corrected chi connectivity index (χ2v) is 7.71. The molecule has 1 heterocycles. The van der Waals surface area contributed by atoms with Crippen LogP contribution in [0.1, 0.15) is 76.3 Å². The second-order valence-electron chi connectivity index (χ2n) is 7.71. The average Bonchev–Trinajstić information content (AvgIpc) is 3.01. The SMILES string of the molecule is CCCCN1C(=O)c2ccc(C(=O)OC(C)C(=O)NC(C)c3ccc(F)cc3)cc2C1=O. The van der Waals surface area contributed by atoms with Gasteiger partial charge in [-0.1, -0.05) is 25.5 Å². The van der Waals surface area contributed by atoms with Crippen molar-refractivity contribution in [2.75, 3.05) is 6.54 Å². The summed E-state index contributed by atoms with van der Waals surface area (Å²) >= 11 is 0. The van der Waals surface area contributed by atoms with Gasteiger partial charge in [0.2, 0.25) is 0 Å². The van der Waals surface area contributed by atoms with E-state index in [0.29, 0.717) is 18.5 Å². The zero-order valence-electron chi connectivity index (χ0n) is 18.2. The summed E-state index contributed by atoms with van der Waals surface area (Å²) in [5.74, 6) is -2.49. The Bertz CT molecular complexity index is 1050. The molecule has 0 saturated carbocycles. The molecule has 7 nitrogen and oxygen atoms in total. The number of rotatable bonds is 8. The minimum absolute atomic E-state index is 0.0773. The van der Waals surface area contributed by atoms with Gasteiger partial charge in [-0.2, -0.15) is 0 Å². The Morgan fingerprint density at radius 1 is 1.03 bits per heavy atom. The third kappa shape index (κ3) is 4.85. The highest BCUT2D eigenvalue weighted by Crippen LogP contribution is 2.25. The van der Waals surface area contributed by atoms with Crippen molar-refractivity contribution in [1.82, 2.24) is 10.2 Å². The Kier molecular flexibility index (Phi) is 7.02. The number of benzene rings is 2. The van der Waals surface area contributed by atoms with Gasteiger partial charge in [0.25, 0.3) is 17.7 Å². The molecule has 0 fully saturated rings. The topological polar surface area (TPSA) is 92.8 Å². The Morgan fingerprint density at radius 3 is 2.34 bits per heavy atom. The lowest BCUT2D eigenvalue weighted by atomic mass is 10.1. The van der Waals surface area contributed by atoms with Crippen molar-refractivity contribution in [1.29, 1.82) is 0 Å². The van der Waals surface area contributed by atoms with E-state index in [4.69, 9.17) is 4.74 Å². The number of fused-ring (bicyclic) bond motifs is 1. The summed E-state index contributed by atoms with van der Waals surface area (Å²) in [7, 11) is 0. The standard InChI is InChI=1S/C24H25FN2O5/c1-4-5-12-27-22(29)19-11-8-17(13-20(19)23(27)30)24(31)32-15(3)21(28)26-14(2)16-6-9-18(25)10-7-16/h6-11,13-15H,4-5,12H2,1-3H3,(H,26,28). The van der Waals surface area contributed by atoms with Gasteiger partial charge in [-0.15, -0.1) is 0 Å². The summed E-state index contributed by atoms with van der Waals surface area (Å²) in [4.78, 5) is 51.1. The lowest BCUT2D eigenvalue weighted by Gasteiger charge is -2.18. The Morgan fingerprint density at radius 2 is 1.69 bits per heavy atom. The van der Waals surface area contributed by atoms with E-state index in [2.05, 4.69) is 5.32 Å². The van der Waals surface area contributed by atoms with Crippen molar-refractivity contribution in [3.63, 3.8) is 0 Å². The fourth-order valence-electron chi connectivity index (χ4n) is 3.38. The van der Waals surface area contributed by atoms with E-state index < -0.39 is 29.9 Å². The zero-order valence-corrected chi connectivity index (χ0v) is 18.2. The first kappa shape index (κ1) is 23.1. The Balaban J connectivity index is 1.64. The summed E-state index contributed by atoms with van der Waals surface area (Å²) in [5, 5.41) is 2.71. The van der Waals surface area contributed by atoms with Crippen LogP contribution in [0.25, 0.3) is 0 Å². The minimum atomic E-state index is -1.10. The van der Waals surface area contributed by atoms with E-state index in [-0.39, 0.29) is 28.4 Å². The predicted octanol–water partition coefficient (Wildman–Crippen LogP) is 3.64. The van der Waals surface area contributed by atoms with Crippen LogP contribution < -0.4 is 5.32 Å². The lowest BCUT2D eigenvalue weighted by molar-refractivity contribution is -0.129. The smallest absolute Gasteiger partial charge is 0.338 e. The molecular formula is C24H25FN2O5. The molecule has 8 heteroatoms. The van der Waals surface area contributed by atoms with Crippen molar-refractivity contribution in [3.8, 4) is 0 Å². The molecule has 0 saturated heterocycles. The molecule has 1 N–H and O–H groups in total. The number of hydrogen-bond donors (Lipinski definition) is 1. The third-order valence-corrected chi connectivity index (χ3v) is 5.32. The summed E-state index contributed by atoms with van der Waals surface area (Å²) in [6.07, 6.45) is 0.436. The van der Waals surface area contributed by atoms with Crippen molar-refractivity contribution in [2.24, 2.45) is 0 Å². The van der Waals surface area contributed by atoms with Gasteiger partial charge in [-0.3, -0.25) is 19.3 Å². The van der Waals surface area contributed by atoms with Crippen LogP contribution in [0.15, 0.2) is 42.5 Å². The highest BCUT2D eigenvalue weighted by molar-refractivity contribution is 6.22. The summed E-state index contributed by atoms with van der Waals surface area (Å²) < 4.78 is 18.3. The molecule has 2 atom stereocenters. The average molecular weight is 440 g/mol. The normalized spacial score (nSPS) is 14.7. The Hall–Kier alpha value is -3.55. The van der Waals surface area contributed by atoms with E-state index in [1.807, 2.05) is 6.92 Å². The van der Waals surface area contributed by atoms with Gasteiger partial charge in [-0.25, -0.2) is 9.18 Å². The number of carbonyl (C=O) groups is 4. The number of unbranched alkanes of at least 4 members (excludes halogenated alkanes) is 1. The first-order valence-corrected chi connectivity index (χ1v) is 10.5. The molecule has 0 bridgehead atoms. The number of imide groups is 1. The molecule has 2 unspecified atom stereocenters. The van der Waals surface area contributed by atoms with Crippen LogP contribution in [0.2, 0.25) is 0 Å². The monoisotopic (exact) mass is 440 g/mol. The van der Waals surface area contributed by atoms with Crippen LogP contribution in [0, 0.1) is 5.82 Å². The molecule has 32 heavy (non-hydrogen) atoms. The van der Waals surface area contributed by atoms with Crippen molar-refractivity contribution >= 4 is 23.7 Å². The molecule has 3 amide bonds. The maximum atomic E-state index is 13.1. The fourth-order valence-corrected chi connectivity index (χ4v) is 3.38. The molecule has 0 spiro atoms. The summed E-state index contributed by atoms with van der Waals surface area (Å²) in [5.41, 5.74) is 1.19. The van der Waals surface area contributed by atoms with Gasteiger partial charge in [0, 0.05) is 6.54 Å². The molecule has 2 aromatic carbocycles.